The van der Waals surface area contributed by atoms with Crippen molar-refractivity contribution in [2.45, 2.75) is 26.4 Å². The predicted octanol–water partition coefficient (Wildman–Crippen LogP) is 1.73. The van der Waals surface area contributed by atoms with Crippen LogP contribution in [0.5, 0.6) is 0 Å². The lowest BCUT2D eigenvalue weighted by Gasteiger charge is -2.14. The van der Waals surface area contributed by atoms with Gasteiger partial charge in [0.2, 0.25) is 5.62 Å². The number of esters is 1. The van der Waals surface area contributed by atoms with Gasteiger partial charge in [0.15, 0.2) is 5.82 Å². The highest BCUT2D eigenvalue weighted by atomic mass is 35.5. The van der Waals surface area contributed by atoms with Crippen molar-refractivity contribution in [1.29, 1.82) is 0 Å². The van der Waals surface area contributed by atoms with Gasteiger partial charge in [0.1, 0.15) is 0 Å². The zero-order valence-corrected chi connectivity index (χ0v) is 21.3. The van der Waals surface area contributed by atoms with E-state index in [9.17, 15) is 14.4 Å². The minimum Gasteiger partial charge on any atom is -0.469 e. The van der Waals surface area contributed by atoms with Crippen LogP contribution in [0.15, 0.2) is 69.2 Å². The molecular formula is C25H26ClN7O4. The van der Waals surface area contributed by atoms with Crippen LogP contribution < -0.4 is 22.8 Å². The van der Waals surface area contributed by atoms with Crippen LogP contribution in [-0.4, -0.2) is 36.7 Å². The van der Waals surface area contributed by atoms with Crippen LogP contribution in [0.25, 0.3) is 11.3 Å². The Balaban J connectivity index is 1.89. The normalized spacial score (nSPS) is 11.6. The van der Waals surface area contributed by atoms with Gasteiger partial charge in [-0.05, 0) is 24.6 Å². The largest absolute Gasteiger partial charge is 0.469 e. The number of carbonyl (C=O) groups excluding carboxylic acids is 1. The van der Waals surface area contributed by atoms with Crippen LogP contribution in [0, 0.1) is 6.92 Å². The molecule has 37 heavy (non-hydrogen) atoms. The Bertz CT molecular complexity index is 1630. The molecule has 0 saturated heterocycles. The number of nitrogens with zero attached hydrogens (tertiary/aromatic N) is 6. The summed E-state index contributed by atoms with van der Waals surface area (Å²) in [4.78, 5) is 42.7. The van der Waals surface area contributed by atoms with E-state index in [2.05, 4.69) is 14.8 Å². The van der Waals surface area contributed by atoms with Crippen LogP contribution in [0.1, 0.15) is 17.5 Å². The lowest BCUT2D eigenvalue weighted by molar-refractivity contribution is -0.140. The molecule has 0 amide bonds. The highest BCUT2D eigenvalue weighted by Crippen LogP contribution is 2.24. The number of hydrogen-bond acceptors (Lipinski definition) is 7. The summed E-state index contributed by atoms with van der Waals surface area (Å²) in [6.45, 7) is 1.86. The average Bonchev–Trinajstić information content (AvgIpc) is 3.25. The minimum absolute atomic E-state index is 0.0736. The fraction of sp³-hybridized carbons (Fsp3) is 0.240. The molecular weight excluding hydrogens is 498 g/mol. The fourth-order valence-corrected chi connectivity index (χ4v) is 3.84. The maximum atomic E-state index is 13.5. The summed E-state index contributed by atoms with van der Waals surface area (Å²) in [5, 5.41) is 5.09. The second-order valence-electron chi connectivity index (χ2n) is 8.41. The van der Waals surface area contributed by atoms with Gasteiger partial charge in [0.05, 0.1) is 25.8 Å². The molecule has 0 spiro atoms. The number of nitrogen functional groups attached to an aromatic ring is 1. The van der Waals surface area contributed by atoms with Gasteiger partial charge in [-0.3, -0.25) is 14.0 Å². The highest BCUT2D eigenvalue weighted by Gasteiger charge is 2.16. The molecule has 192 valence electrons. The SMILES string of the molecule is COC(=O)CCn1c(=O)n(N)c(=Nc2cc(-c3ccc(Cl)cc3)nn2C)n(Cc2ccc(C)cc2)c1=O. The molecule has 0 fully saturated rings. The van der Waals surface area contributed by atoms with Crippen molar-refractivity contribution in [2.75, 3.05) is 13.0 Å². The van der Waals surface area contributed by atoms with Gasteiger partial charge in [0, 0.05) is 30.2 Å². The van der Waals surface area contributed by atoms with Gasteiger partial charge in [-0.15, -0.1) is 0 Å². The molecule has 2 aromatic carbocycles. The van der Waals surface area contributed by atoms with E-state index in [1.807, 2.05) is 43.3 Å². The molecule has 4 aromatic rings. The predicted molar refractivity (Wildman–Crippen MR) is 139 cm³/mol. The molecule has 4 rings (SSSR count). The Morgan fingerprint density at radius 2 is 1.73 bits per heavy atom. The third-order valence-corrected chi connectivity index (χ3v) is 6.05. The topological polar surface area (TPSA) is 131 Å². The van der Waals surface area contributed by atoms with E-state index in [-0.39, 0.29) is 25.1 Å². The first-order valence-corrected chi connectivity index (χ1v) is 11.7. The van der Waals surface area contributed by atoms with Crippen LogP contribution in [0.4, 0.5) is 5.82 Å². The molecule has 12 heteroatoms. The van der Waals surface area contributed by atoms with E-state index in [0.717, 1.165) is 25.9 Å². The van der Waals surface area contributed by atoms with Crippen LogP contribution >= 0.6 is 11.6 Å². The van der Waals surface area contributed by atoms with E-state index in [1.165, 1.54) is 16.4 Å². The summed E-state index contributed by atoms with van der Waals surface area (Å²) in [7, 11) is 2.93. The van der Waals surface area contributed by atoms with Gasteiger partial charge < -0.3 is 10.6 Å². The van der Waals surface area contributed by atoms with E-state index in [1.54, 1.807) is 25.2 Å². The molecule has 0 bridgehead atoms. The maximum Gasteiger partial charge on any atom is 0.353 e. The number of rotatable bonds is 7. The second kappa shape index (κ2) is 10.7. The Morgan fingerprint density at radius 3 is 2.38 bits per heavy atom. The molecule has 0 saturated carbocycles. The Kier molecular flexibility index (Phi) is 7.44. The monoisotopic (exact) mass is 523 g/mol. The molecule has 0 unspecified atom stereocenters. The van der Waals surface area contributed by atoms with Crippen molar-refractivity contribution in [3.63, 3.8) is 0 Å². The zero-order valence-electron chi connectivity index (χ0n) is 20.6. The first-order valence-electron chi connectivity index (χ1n) is 11.4. The molecule has 0 aliphatic rings. The average molecular weight is 524 g/mol. The Labute approximate surface area is 216 Å². The lowest BCUT2D eigenvalue weighted by atomic mass is 10.1. The van der Waals surface area contributed by atoms with Crippen molar-refractivity contribution in [3.8, 4) is 11.3 Å². The van der Waals surface area contributed by atoms with Crippen molar-refractivity contribution in [1.82, 2.24) is 23.6 Å². The smallest absolute Gasteiger partial charge is 0.353 e. The van der Waals surface area contributed by atoms with Crippen molar-refractivity contribution < 1.29 is 9.53 Å². The van der Waals surface area contributed by atoms with E-state index in [4.69, 9.17) is 17.4 Å². The first-order chi connectivity index (χ1) is 17.7. The second-order valence-corrected chi connectivity index (χ2v) is 8.85. The molecule has 2 heterocycles. The summed E-state index contributed by atoms with van der Waals surface area (Å²) in [5.74, 6) is 5.98. The van der Waals surface area contributed by atoms with E-state index in [0.29, 0.717) is 16.5 Å². The fourth-order valence-electron chi connectivity index (χ4n) is 3.71. The van der Waals surface area contributed by atoms with E-state index < -0.39 is 17.3 Å². The third kappa shape index (κ3) is 5.56. The summed E-state index contributed by atoms with van der Waals surface area (Å²) < 4.78 is 9.14. The number of halogens is 1. The summed E-state index contributed by atoms with van der Waals surface area (Å²) in [6, 6.07) is 16.5. The number of nitrogens with two attached hydrogens (primary N) is 1. The zero-order chi connectivity index (χ0) is 26.7. The molecule has 0 atom stereocenters. The number of hydrogen-bond donors (Lipinski definition) is 1. The Morgan fingerprint density at radius 1 is 1.05 bits per heavy atom. The summed E-state index contributed by atoms with van der Waals surface area (Å²) in [5.41, 5.74) is 1.76. The Hall–Kier alpha value is -4.38. The first kappa shape index (κ1) is 25.7. The lowest BCUT2D eigenvalue weighted by Crippen LogP contribution is -2.57. The quantitative estimate of drug-likeness (QED) is 0.290. The highest BCUT2D eigenvalue weighted by molar-refractivity contribution is 6.30. The number of methoxy groups -OCH3 is 1. The van der Waals surface area contributed by atoms with Gasteiger partial charge >= 0.3 is 17.3 Å². The van der Waals surface area contributed by atoms with Crippen molar-refractivity contribution in [2.24, 2.45) is 12.0 Å². The minimum atomic E-state index is -0.812. The number of ether oxygens (including phenoxy) is 1. The van der Waals surface area contributed by atoms with Gasteiger partial charge in [0.25, 0.3) is 0 Å². The molecule has 0 radical (unpaired) electrons. The van der Waals surface area contributed by atoms with Crippen LogP contribution in [-0.2, 0) is 29.7 Å². The molecule has 0 aliphatic heterocycles. The molecule has 2 N–H and O–H groups in total. The molecule has 2 aromatic heterocycles. The maximum absolute atomic E-state index is 13.5. The third-order valence-electron chi connectivity index (χ3n) is 5.79. The standard InChI is InChI=1S/C25H26ClN7O4/c1-16-4-6-17(7-5-16)15-32-23(33(27)25(36)31(24(32)35)13-12-22(34)37-3)28-21-14-20(29-30(21)2)18-8-10-19(26)11-9-18/h4-11,14H,12-13,15,27H2,1-3H3. The van der Waals surface area contributed by atoms with Crippen LogP contribution in [0.2, 0.25) is 5.02 Å². The van der Waals surface area contributed by atoms with Gasteiger partial charge in [-0.25, -0.2) is 14.2 Å². The summed E-state index contributed by atoms with van der Waals surface area (Å²) in [6.07, 6.45) is -0.168. The number of carbonyl (C=O) groups is 1. The van der Waals surface area contributed by atoms with Crippen molar-refractivity contribution in [3.05, 3.63) is 97.3 Å². The van der Waals surface area contributed by atoms with Gasteiger partial charge in [-0.2, -0.15) is 14.8 Å². The van der Waals surface area contributed by atoms with Gasteiger partial charge in [-0.1, -0.05) is 53.6 Å². The number of benzene rings is 2. The molecule has 0 aliphatic carbocycles. The summed E-state index contributed by atoms with van der Waals surface area (Å²) >= 11 is 5.99. The van der Waals surface area contributed by atoms with Crippen molar-refractivity contribution >= 4 is 23.4 Å². The van der Waals surface area contributed by atoms with Crippen LogP contribution in [0.3, 0.4) is 0 Å². The van der Waals surface area contributed by atoms with E-state index >= 15 is 0 Å². The molecule has 11 nitrogen and oxygen atoms in total. The number of aromatic nitrogens is 5. The number of aryl methyl sites for hydroxylation is 2.